The monoisotopic (exact) mass is 348 g/mol. The first-order valence-corrected chi connectivity index (χ1v) is 9.30. The number of piperidine rings is 1. The fourth-order valence-electron chi connectivity index (χ4n) is 4.07. The van der Waals surface area contributed by atoms with Crippen molar-refractivity contribution in [1.82, 2.24) is 10.2 Å². The fraction of sp³-hybridized carbons (Fsp3) is 0.364. The van der Waals surface area contributed by atoms with Crippen molar-refractivity contribution in [1.29, 1.82) is 0 Å². The molecule has 2 aliphatic rings. The normalized spacial score (nSPS) is 22.6. The van der Waals surface area contributed by atoms with Crippen LogP contribution in [-0.4, -0.2) is 29.4 Å². The Morgan fingerprint density at radius 1 is 0.962 bits per heavy atom. The lowest BCUT2D eigenvalue weighted by molar-refractivity contribution is 0.0491. The molecule has 4 rings (SSSR count). The van der Waals surface area contributed by atoms with Gasteiger partial charge >= 0.3 is 0 Å². The van der Waals surface area contributed by atoms with Crippen LogP contribution in [0.1, 0.15) is 50.2 Å². The molecule has 4 nitrogen and oxygen atoms in total. The molecule has 1 fully saturated rings. The van der Waals surface area contributed by atoms with Gasteiger partial charge < -0.3 is 0 Å². The maximum absolute atomic E-state index is 12.8. The number of benzene rings is 2. The van der Waals surface area contributed by atoms with E-state index < -0.39 is 0 Å². The van der Waals surface area contributed by atoms with Gasteiger partial charge in [-0.2, -0.15) is 0 Å². The number of hydrogen-bond acceptors (Lipinski definition) is 3. The summed E-state index contributed by atoms with van der Waals surface area (Å²) < 4.78 is 0. The van der Waals surface area contributed by atoms with Crippen molar-refractivity contribution in [3.05, 3.63) is 70.3 Å². The smallest absolute Gasteiger partial charge is 0.262 e. The minimum absolute atomic E-state index is 0.165. The van der Waals surface area contributed by atoms with E-state index in [4.69, 9.17) is 0 Å². The number of nitrogens with one attached hydrogen (secondary N) is 1. The van der Waals surface area contributed by atoms with Crippen LogP contribution in [0.2, 0.25) is 0 Å². The zero-order valence-electron chi connectivity index (χ0n) is 15.3. The zero-order valence-corrected chi connectivity index (χ0v) is 15.3. The maximum Gasteiger partial charge on any atom is 0.262 e. The summed E-state index contributed by atoms with van der Waals surface area (Å²) in [6.07, 6.45) is 2.64. The standard InChI is InChI=1S/C22H24N2O2/c1-14-3-6-16(7-4-14)12-17-9-10-23-20(13-17)24-21(25)18-8-5-15(2)11-19(18)22(24)26/h3-8,11,17,20,23H,9-10,12-13H2,1-2H3. The van der Waals surface area contributed by atoms with Crippen LogP contribution < -0.4 is 5.32 Å². The third kappa shape index (κ3) is 3.06. The van der Waals surface area contributed by atoms with Gasteiger partial charge in [0.15, 0.2) is 0 Å². The molecule has 0 aromatic heterocycles. The lowest BCUT2D eigenvalue weighted by atomic mass is 9.89. The molecule has 4 heteroatoms. The quantitative estimate of drug-likeness (QED) is 0.864. The SMILES string of the molecule is Cc1ccc(CC2CCNC(N3C(=O)c4ccc(C)cc4C3=O)C2)cc1. The summed E-state index contributed by atoms with van der Waals surface area (Å²) >= 11 is 0. The van der Waals surface area contributed by atoms with E-state index in [1.807, 2.05) is 19.1 Å². The molecular formula is C22H24N2O2. The minimum Gasteiger partial charge on any atom is -0.297 e. The number of amides is 2. The topological polar surface area (TPSA) is 49.4 Å². The van der Waals surface area contributed by atoms with Crippen LogP contribution in [0.4, 0.5) is 0 Å². The third-order valence-electron chi connectivity index (χ3n) is 5.52. The second-order valence-corrected chi connectivity index (χ2v) is 7.58. The lowest BCUT2D eigenvalue weighted by Gasteiger charge is -2.35. The van der Waals surface area contributed by atoms with Gasteiger partial charge in [0.25, 0.3) is 11.8 Å². The summed E-state index contributed by atoms with van der Waals surface area (Å²) in [6.45, 7) is 4.86. The number of aryl methyl sites for hydroxylation is 2. The minimum atomic E-state index is -0.216. The van der Waals surface area contributed by atoms with Crippen molar-refractivity contribution < 1.29 is 9.59 Å². The van der Waals surface area contributed by atoms with E-state index in [9.17, 15) is 9.59 Å². The molecular weight excluding hydrogens is 324 g/mol. The van der Waals surface area contributed by atoms with E-state index in [0.717, 1.165) is 31.4 Å². The highest BCUT2D eigenvalue weighted by Crippen LogP contribution is 2.30. The van der Waals surface area contributed by atoms with Gasteiger partial charge in [0, 0.05) is 0 Å². The third-order valence-corrected chi connectivity index (χ3v) is 5.52. The van der Waals surface area contributed by atoms with Crippen LogP contribution in [0.3, 0.4) is 0 Å². The van der Waals surface area contributed by atoms with Crippen LogP contribution in [-0.2, 0) is 6.42 Å². The molecule has 1 N–H and O–H groups in total. The first-order valence-electron chi connectivity index (χ1n) is 9.30. The van der Waals surface area contributed by atoms with E-state index in [1.54, 1.807) is 6.07 Å². The Hall–Kier alpha value is -2.46. The number of imide groups is 1. The Labute approximate surface area is 154 Å². The van der Waals surface area contributed by atoms with E-state index in [2.05, 4.69) is 36.5 Å². The van der Waals surface area contributed by atoms with E-state index >= 15 is 0 Å². The highest BCUT2D eigenvalue weighted by molar-refractivity contribution is 6.21. The summed E-state index contributed by atoms with van der Waals surface area (Å²) in [7, 11) is 0. The van der Waals surface area contributed by atoms with Crippen molar-refractivity contribution in [2.45, 2.75) is 39.3 Å². The number of fused-ring (bicyclic) bond motifs is 1. The predicted molar refractivity (Wildman–Crippen MR) is 101 cm³/mol. The number of carbonyl (C=O) groups is 2. The van der Waals surface area contributed by atoms with Crippen LogP contribution >= 0.6 is 0 Å². The Morgan fingerprint density at radius 3 is 2.42 bits per heavy atom. The molecule has 0 radical (unpaired) electrons. The first-order chi connectivity index (χ1) is 12.5. The van der Waals surface area contributed by atoms with Crippen molar-refractivity contribution in [3.8, 4) is 0 Å². The van der Waals surface area contributed by atoms with Gasteiger partial charge in [-0.15, -0.1) is 0 Å². The molecule has 2 amide bonds. The van der Waals surface area contributed by atoms with Gasteiger partial charge in [0.1, 0.15) is 0 Å². The summed E-state index contributed by atoms with van der Waals surface area (Å²) in [5, 5.41) is 3.38. The number of hydrogen-bond donors (Lipinski definition) is 1. The molecule has 0 bridgehead atoms. The maximum atomic E-state index is 12.8. The van der Waals surface area contributed by atoms with E-state index in [1.165, 1.54) is 16.0 Å². The van der Waals surface area contributed by atoms with E-state index in [-0.39, 0.29) is 18.0 Å². The van der Waals surface area contributed by atoms with Crippen LogP contribution in [0, 0.1) is 19.8 Å². The summed E-state index contributed by atoms with van der Waals surface area (Å²) in [4.78, 5) is 27.0. The lowest BCUT2D eigenvalue weighted by Crippen LogP contribution is -2.52. The van der Waals surface area contributed by atoms with Gasteiger partial charge in [0.2, 0.25) is 0 Å². The predicted octanol–water partition coefficient (Wildman–Crippen LogP) is 3.47. The zero-order chi connectivity index (χ0) is 18.3. The number of nitrogens with zero attached hydrogens (tertiary/aromatic N) is 1. The Bertz CT molecular complexity index is 857. The molecule has 0 saturated carbocycles. The van der Waals surface area contributed by atoms with Gasteiger partial charge in [-0.3, -0.25) is 19.8 Å². The molecule has 26 heavy (non-hydrogen) atoms. The molecule has 2 unspecified atom stereocenters. The molecule has 2 aromatic carbocycles. The van der Waals surface area contributed by atoms with Crippen molar-refractivity contribution in [3.63, 3.8) is 0 Å². The molecule has 0 aliphatic carbocycles. The summed E-state index contributed by atoms with van der Waals surface area (Å²) in [5.74, 6) is 0.135. The highest BCUT2D eigenvalue weighted by Gasteiger charge is 2.41. The average Bonchev–Trinajstić information content (AvgIpc) is 2.87. The van der Waals surface area contributed by atoms with E-state index in [0.29, 0.717) is 17.0 Å². The highest BCUT2D eigenvalue weighted by atomic mass is 16.2. The Morgan fingerprint density at radius 2 is 1.65 bits per heavy atom. The average molecular weight is 348 g/mol. The molecule has 0 spiro atoms. The number of carbonyl (C=O) groups excluding carboxylic acids is 2. The van der Waals surface area contributed by atoms with Gasteiger partial charge in [-0.1, -0.05) is 41.5 Å². The molecule has 2 atom stereocenters. The Balaban J connectivity index is 1.50. The van der Waals surface area contributed by atoms with Gasteiger partial charge in [-0.05, 0) is 63.3 Å². The molecule has 134 valence electrons. The summed E-state index contributed by atoms with van der Waals surface area (Å²) in [5.41, 5.74) is 4.65. The second kappa shape index (κ2) is 6.69. The second-order valence-electron chi connectivity index (χ2n) is 7.58. The van der Waals surface area contributed by atoms with Gasteiger partial charge in [0.05, 0.1) is 17.3 Å². The van der Waals surface area contributed by atoms with Crippen LogP contribution in [0.15, 0.2) is 42.5 Å². The first kappa shape index (κ1) is 17.0. The molecule has 2 aliphatic heterocycles. The fourth-order valence-corrected chi connectivity index (χ4v) is 4.07. The van der Waals surface area contributed by atoms with Crippen molar-refractivity contribution in [2.24, 2.45) is 5.92 Å². The largest absolute Gasteiger partial charge is 0.297 e. The van der Waals surface area contributed by atoms with Gasteiger partial charge in [-0.25, -0.2) is 0 Å². The van der Waals surface area contributed by atoms with Crippen LogP contribution in [0.25, 0.3) is 0 Å². The molecule has 2 aromatic rings. The Kier molecular flexibility index (Phi) is 4.37. The number of rotatable bonds is 3. The van der Waals surface area contributed by atoms with Crippen molar-refractivity contribution >= 4 is 11.8 Å². The van der Waals surface area contributed by atoms with Crippen molar-refractivity contribution in [2.75, 3.05) is 6.54 Å². The van der Waals surface area contributed by atoms with Crippen LogP contribution in [0.5, 0.6) is 0 Å². The molecule has 1 saturated heterocycles. The summed E-state index contributed by atoms with van der Waals surface area (Å²) in [6, 6.07) is 14.1. The molecule has 2 heterocycles.